The van der Waals surface area contributed by atoms with Crippen molar-refractivity contribution in [3.8, 4) is 0 Å². The molecule has 0 aliphatic rings. The van der Waals surface area contributed by atoms with Crippen molar-refractivity contribution in [3.63, 3.8) is 0 Å². The predicted molar refractivity (Wildman–Crippen MR) is 59.9 cm³/mol. The van der Waals surface area contributed by atoms with Gasteiger partial charge in [-0.1, -0.05) is 24.3 Å². The highest BCUT2D eigenvalue weighted by atomic mass is 19.1. The van der Waals surface area contributed by atoms with Gasteiger partial charge < -0.3 is 0 Å². The summed E-state index contributed by atoms with van der Waals surface area (Å²) in [7, 11) is 0. The Hall–Kier alpha value is -1.70. The van der Waals surface area contributed by atoms with Crippen molar-refractivity contribution in [2.45, 2.75) is 6.42 Å². The van der Waals surface area contributed by atoms with Gasteiger partial charge in [0.15, 0.2) is 0 Å². The quantitative estimate of drug-likeness (QED) is 0.734. The molecule has 2 rings (SSSR count). The Morgan fingerprint density at radius 1 is 0.750 bits per heavy atom. The van der Waals surface area contributed by atoms with Crippen LogP contribution < -0.4 is 0 Å². The molecule has 0 atom stereocenters. The molecule has 0 fully saturated rings. The van der Waals surface area contributed by atoms with Crippen LogP contribution in [0.25, 0.3) is 0 Å². The lowest BCUT2D eigenvalue weighted by molar-refractivity contribution is 0.626. The summed E-state index contributed by atoms with van der Waals surface area (Å²) < 4.78 is 25.3. The second-order valence-corrected chi connectivity index (χ2v) is 3.59. The van der Waals surface area contributed by atoms with E-state index >= 15 is 0 Å². The van der Waals surface area contributed by atoms with E-state index in [0.717, 1.165) is 11.1 Å². The molecule has 0 unspecified atom stereocenters. The molecular formula is C14H11F2. The number of hydrogen-bond donors (Lipinski definition) is 0. The second-order valence-electron chi connectivity index (χ2n) is 3.59. The monoisotopic (exact) mass is 217 g/mol. The summed E-state index contributed by atoms with van der Waals surface area (Å²) in [4.78, 5) is 0. The second kappa shape index (κ2) is 4.88. The first kappa shape index (κ1) is 10.8. The highest BCUT2D eigenvalue weighted by Crippen LogP contribution is 2.10. The van der Waals surface area contributed by atoms with Gasteiger partial charge in [-0.2, -0.15) is 0 Å². The minimum Gasteiger partial charge on any atom is -0.207 e. The molecule has 2 aromatic rings. The average molecular weight is 217 g/mol. The molecule has 1 radical (unpaired) electrons. The van der Waals surface area contributed by atoms with Crippen molar-refractivity contribution < 1.29 is 8.78 Å². The van der Waals surface area contributed by atoms with Crippen molar-refractivity contribution in [1.29, 1.82) is 0 Å². The van der Waals surface area contributed by atoms with E-state index in [4.69, 9.17) is 0 Å². The molecule has 16 heavy (non-hydrogen) atoms. The Bertz CT molecular complexity index is 398. The van der Waals surface area contributed by atoms with Gasteiger partial charge in [0.2, 0.25) is 0 Å². The van der Waals surface area contributed by atoms with Crippen LogP contribution in [-0.2, 0) is 6.42 Å². The molecule has 0 N–H and O–H groups in total. The van der Waals surface area contributed by atoms with E-state index in [1.54, 1.807) is 24.3 Å². The van der Waals surface area contributed by atoms with Crippen molar-refractivity contribution in [1.82, 2.24) is 0 Å². The van der Waals surface area contributed by atoms with E-state index in [2.05, 4.69) is 0 Å². The summed E-state index contributed by atoms with van der Waals surface area (Å²) >= 11 is 0. The van der Waals surface area contributed by atoms with Crippen LogP contribution in [0.4, 0.5) is 8.78 Å². The van der Waals surface area contributed by atoms with Gasteiger partial charge in [-0.25, -0.2) is 8.78 Å². The molecule has 81 valence electrons. The van der Waals surface area contributed by atoms with E-state index < -0.39 is 0 Å². The van der Waals surface area contributed by atoms with Gasteiger partial charge in [0.05, 0.1) is 0 Å². The molecule has 0 heterocycles. The van der Waals surface area contributed by atoms with Crippen LogP contribution in [0.15, 0.2) is 48.5 Å². The number of halogens is 2. The Morgan fingerprint density at radius 3 is 1.81 bits per heavy atom. The van der Waals surface area contributed by atoms with Crippen molar-refractivity contribution in [2.24, 2.45) is 0 Å². The van der Waals surface area contributed by atoms with E-state index in [1.807, 2.05) is 6.42 Å². The number of rotatable bonds is 3. The topological polar surface area (TPSA) is 0 Å². The maximum atomic E-state index is 12.6. The average Bonchev–Trinajstić information content (AvgIpc) is 2.30. The Morgan fingerprint density at radius 2 is 1.25 bits per heavy atom. The number of benzene rings is 2. The molecular weight excluding hydrogens is 206 g/mol. The first-order valence-corrected chi connectivity index (χ1v) is 5.07. The van der Waals surface area contributed by atoms with E-state index in [0.29, 0.717) is 6.42 Å². The Kier molecular flexibility index (Phi) is 3.30. The van der Waals surface area contributed by atoms with E-state index in [-0.39, 0.29) is 11.6 Å². The van der Waals surface area contributed by atoms with Crippen LogP contribution in [0.2, 0.25) is 0 Å². The molecule has 0 saturated carbocycles. The van der Waals surface area contributed by atoms with E-state index in [1.165, 1.54) is 24.3 Å². The molecule has 0 aliphatic carbocycles. The lowest BCUT2D eigenvalue weighted by atomic mass is 10.0. The molecule has 0 saturated heterocycles. The largest absolute Gasteiger partial charge is 0.207 e. The zero-order valence-electron chi connectivity index (χ0n) is 8.66. The van der Waals surface area contributed by atoms with Crippen LogP contribution >= 0.6 is 0 Å². The van der Waals surface area contributed by atoms with E-state index in [9.17, 15) is 8.78 Å². The summed E-state index contributed by atoms with van der Waals surface area (Å²) in [6.45, 7) is 0. The first-order valence-electron chi connectivity index (χ1n) is 5.07. The zero-order chi connectivity index (χ0) is 11.4. The first-order chi connectivity index (χ1) is 7.74. The fourth-order valence-electron chi connectivity index (χ4n) is 1.46. The van der Waals surface area contributed by atoms with Gasteiger partial charge in [0.1, 0.15) is 11.6 Å². The molecule has 0 spiro atoms. The lowest BCUT2D eigenvalue weighted by Gasteiger charge is -2.01. The van der Waals surface area contributed by atoms with Crippen molar-refractivity contribution in [2.75, 3.05) is 0 Å². The lowest BCUT2D eigenvalue weighted by Crippen LogP contribution is -1.89. The number of hydrogen-bond acceptors (Lipinski definition) is 0. The smallest absolute Gasteiger partial charge is 0.123 e. The maximum absolute atomic E-state index is 12.6. The molecule has 0 aliphatic heterocycles. The third-order valence-corrected chi connectivity index (χ3v) is 2.36. The van der Waals surface area contributed by atoms with Crippen molar-refractivity contribution in [3.05, 3.63) is 77.7 Å². The molecule has 0 nitrogen and oxygen atoms in total. The van der Waals surface area contributed by atoms with Gasteiger partial charge in [-0.15, -0.1) is 0 Å². The fourth-order valence-corrected chi connectivity index (χ4v) is 1.46. The van der Waals surface area contributed by atoms with Gasteiger partial charge in [-0.3, -0.25) is 0 Å². The summed E-state index contributed by atoms with van der Waals surface area (Å²) in [6.07, 6.45) is 2.69. The minimum absolute atomic E-state index is 0.231. The standard InChI is InChI=1S/C14H11F2/c15-13-7-3-11(4-8-13)1-2-12-5-9-14(16)10-6-12/h1,3-10H,2H2. The van der Waals surface area contributed by atoms with Gasteiger partial charge in [0.25, 0.3) is 0 Å². The van der Waals surface area contributed by atoms with Crippen molar-refractivity contribution >= 4 is 0 Å². The van der Waals surface area contributed by atoms with Crippen LogP contribution in [-0.4, -0.2) is 0 Å². The Balaban J connectivity index is 1.97. The maximum Gasteiger partial charge on any atom is 0.123 e. The van der Waals surface area contributed by atoms with Crippen LogP contribution in [0.5, 0.6) is 0 Å². The zero-order valence-corrected chi connectivity index (χ0v) is 8.66. The Labute approximate surface area is 93.5 Å². The van der Waals surface area contributed by atoms with Crippen LogP contribution in [0.1, 0.15) is 11.1 Å². The third-order valence-electron chi connectivity index (χ3n) is 2.36. The predicted octanol–water partition coefficient (Wildman–Crippen LogP) is 3.76. The summed E-state index contributed by atoms with van der Waals surface area (Å²) in [5, 5.41) is 0. The molecule has 0 amide bonds. The summed E-state index contributed by atoms with van der Waals surface area (Å²) in [6, 6.07) is 12.7. The van der Waals surface area contributed by atoms with Crippen LogP contribution in [0.3, 0.4) is 0 Å². The highest BCUT2D eigenvalue weighted by Gasteiger charge is 1.97. The van der Waals surface area contributed by atoms with Gasteiger partial charge in [0, 0.05) is 0 Å². The summed E-state index contributed by atoms with van der Waals surface area (Å²) in [5.41, 5.74) is 2.00. The summed E-state index contributed by atoms with van der Waals surface area (Å²) in [5.74, 6) is -0.468. The van der Waals surface area contributed by atoms with Crippen LogP contribution in [0, 0.1) is 18.1 Å². The molecule has 2 heteroatoms. The molecule has 2 aromatic carbocycles. The molecule has 0 bridgehead atoms. The third kappa shape index (κ3) is 2.89. The minimum atomic E-state index is -0.237. The highest BCUT2D eigenvalue weighted by molar-refractivity contribution is 5.27. The fraction of sp³-hybridized carbons (Fsp3) is 0.0714. The SMILES string of the molecule is Fc1ccc([CH]Cc2ccc(F)cc2)cc1. The normalized spacial score (nSPS) is 10.4. The van der Waals surface area contributed by atoms with Gasteiger partial charge >= 0.3 is 0 Å². The molecule has 0 aromatic heterocycles. The van der Waals surface area contributed by atoms with Gasteiger partial charge in [-0.05, 0) is 48.2 Å².